The van der Waals surface area contributed by atoms with Crippen LogP contribution < -0.4 is 10.6 Å². The Morgan fingerprint density at radius 1 is 1.18 bits per heavy atom. The van der Waals surface area contributed by atoms with Crippen molar-refractivity contribution in [3.63, 3.8) is 0 Å². The number of thiophene rings is 1. The molecule has 2 N–H and O–H groups in total. The summed E-state index contributed by atoms with van der Waals surface area (Å²) < 4.78 is 5.53. The van der Waals surface area contributed by atoms with Gasteiger partial charge in [-0.1, -0.05) is 35.9 Å². The zero-order valence-corrected chi connectivity index (χ0v) is 19.8. The maximum absolute atomic E-state index is 5.53. The Hall–Kier alpha value is -1.16. The molecule has 1 fully saturated rings. The van der Waals surface area contributed by atoms with Crippen LogP contribution in [0.1, 0.15) is 29.0 Å². The number of aliphatic imine (C=N–C) groups is 1. The van der Waals surface area contributed by atoms with Crippen molar-refractivity contribution in [2.75, 3.05) is 39.4 Å². The summed E-state index contributed by atoms with van der Waals surface area (Å²) in [5.41, 5.74) is 2.50. The maximum atomic E-state index is 5.53. The molecule has 1 unspecified atom stereocenters. The van der Waals surface area contributed by atoms with Crippen LogP contribution in [0, 0.1) is 6.92 Å². The van der Waals surface area contributed by atoms with E-state index in [0.29, 0.717) is 12.6 Å². The predicted octanol–water partition coefficient (Wildman–Crippen LogP) is 3.80. The van der Waals surface area contributed by atoms with Gasteiger partial charge in [0.2, 0.25) is 0 Å². The Labute approximate surface area is 189 Å². The molecule has 0 radical (unpaired) electrons. The van der Waals surface area contributed by atoms with E-state index in [1.165, 1.54) is 16.0 Å². The number of halogens is 1. The van der Waals surface area contributed by atoms with Gasteiger partial charge in [0.1, 0.15) is 0 Å². The molecule has 3 rings (SSSR count). The van der Waals surface area contributed by atoms with Crippen LogP contribution in [0.25, 0.3) is 0 Å². The molecule has 1 aliphatic rings. The first-order valence-electron chi connectivity index (χ1n) is 9.69. The smallest absolute Gasteiger partial charge is 0.191 e. The van der Waals surface area contributed by atoms with Crippen molar-refractivity contribution in [1.82, 2.24) is 15.5 Å². The van der Waals surface area contributed by atoms with Crippen molar-refractivity contribution < 1.29 is 4.74 Å². The van der Waals surface area contributed by atoms with E-state index < -0.39 is 0 Å². The molecule has 0 bridgehead atoms. The summed E-state index contributed by atoms with van der Waals surface area (Å²) in [4.78, 5) is 8.66. The van der Waals surface area contributed by atoms with E-state index in [2.05, 4.69) is 71.2 Å². The summed E-state index contributed by atoms with van der Waals surface area (Å²) in [6, 6.07) is 13.3. The molecule has 28 heavy (non-hydrogen) atoms. The third-order valence-corrected chi connectivity index (χ3v) is 5.68. The number of ether oxygens (including phenoxy) is 1. The second kappa shape index (κ2) is 12.4. The second-order valence-corrected chi connectivity index (χ2v) is 7.72. The highest BCUT2D eigenvalue weighted by atomic mass is 127. The van der Waals surface area contributed by atoms with E-state index in [1.807, 2.05) is 11.3 Å². The third-order valence-electron chi connectivity index (χ3n) is 4.71. The molecule has 1 atom stereocenters. The van der Waals surface area contributed by atoms with Crippen molar-refractivity contribution in [2.24, 2.45) is 4.99 Å². The quantitative estimate of drug-likeness (QED) is 0.335. The van der Waals surface area contributed by atoms with Gasteiger partial charge in [-0.2, -0.15) is 0 Å². The van der Waals surface area contributed by atoms with Crippen LogP contribution in [-0.2, 0) is 11.3 Å². The molecule has 1 saturated heterocycles. The lowest BCUT2D eigenvalue weighted by Crippen LogP contribution is -2.46. The number of rotatable bonds is 7. The number of benzene rings is 1. The first-order chi connectivity index (χ1) is 13.3. The molecule has 7 heteroatoms. The zero-order chi connectivity index (χ0) is 18.9. The van der Waals surface area contributed by atoms with Crippen LogP contribution in [0.4, 0.5) is 0 Å². The molecule has 0 saturated carbocycles. The number of nitrogens with one attached hydrogen (secondary N) is 2. The Kier molecular flexibility index (Phi) is 10.3. The molecular formula is C21H31IN4OS. The number of nitrogens with zero attached hydrogens (tertiary/aromatic N) is 2. The van der Waals surface area contributed by atoms with Crippen molar-refractivity contribution in [1.29, 1.82) is 0 Å². The fourth-order valence-electron chi connectivity index (χ4n) is 3.18. The van der Waals surface area contributed by atoms with E-state index in [-0.39, 0.29) is 24.0 Å². The zero-order valence-electron chi connectivity index (χ0n) is 16.7. The highest BCUT2D eigenvalue weighted by Crippen LogP contribution is 2.25. The summed E-state index contributed by atoms with van der Waals surface area (Å²) in [5, 5.41) is 9.07. The van der Waals surface area contributed by atoms with Crippen LogP contribution in [0.15, 0.2) is 46.8 Å². The van der Waals surface area contributed by atoms with Gasteiger partial charge in [0.05, 0.1) is 25.8 Å². The maximum Gasteiger partial charge on any atom is 0.191 e. The highest BCUT2D eigenvalue weighted by molar-refractivity contribution is 14.0. The largest absolute Gasteiger partial charge is 0.379 e. The van der Waals surface area contributed by atoms with Crippen LogP contribution in [-0.4, -0.2) is 50.3 Å². The number of aryl methyl sites for hydroxylation is 1. The minimum absolute atomic E-state index is 0. The Morgan fingerprint density at radius 2 is 1.93 bits per heavy atom. The van der Waals surface area contributed by atoms with Crippen molar-refractivity contribution in [3.05, 3.63) is 57.8 Å². The average Bonchev–Trinajstić information content (AvgIpc) is 3.23. The van der Waals surface area contributed by atoms with Gasteiger partial charge in [-0.15, -0.1) is 35.3 Å². The average molecular weight is 514 g/mol. The van der Waals surface area contributed by atoms with Gasteiger partial charge in [0, 0.05) is 31.1 Å². The van der Waals surface area contributed by atoms with E-state index in [9.17, 15) is 0 Å². The minimum Gasteiger partial charge on any atom is -0.379 e. The van der Waals surface area contributed by atoms with Gasteiger partial charge in [-0.05, 0) is 30.9 Å². The molecule has 2 aromatic rings. The van der Waals surface area contributed by atoms with Crippen LogP contribution in [0.2, 0.25) is 0 Å². The van der Waals surface area contributed by atoms with Crippen molar-refractivity contribution in [3.8, 4) is 0 Å². The molecule has 1 aromatic carbocycles. The molecule has 1 aliphatic heterocycles. The first kappa shape index (κ1) is 23.1. The topological polar surface area (TPSA) is 48.9 Å². The van der Waals surface area contributed by atoms with Gasteiger partial charge >= 0.3 is 0 Å². The molecule has 0 spiro atoms. The monoisotopic (exact) mass is 514 g/mol. The predicted molar refractivity (Wildman–Crippen MR) is 129 cm³/mol. The Bertz CT molecular complexity index is 700. The van der Waals surface area contributed by atoms with Crippen molar-refractivity contribution in [2.45, 2.75) is 26.4 Å². The number of hydrogen-bond acceptors (Lipinski definition) is 4. The summed E-state index contributed by atoms with van der Waals surface area (Å²) in [7, 11) is 0. The molecule has 0 amide bonds. The third kappa shape index (κ3) is 7.02. The number of morpholine rings is 1. The normalized spacial score (nSPS) is 16.3. The second-order valence-electron chi connectivity index (χ2n) is 6.74. The Morgan fingerprint density at radius 3 is 2.57 bits per heavy atom. The van der Waals surface area contributed by atoms with Crippen LogP contribution in [0.3, 0.4) is 0 Å². The molecule has 1 aromatic heterocycles. The summed E-state index contributed by atoms with van der Waals surface area (Å²) in [6.07, 6.45) is 0. The molecule has 2 heterocycles. The molecule has 5 nitrogen and oxygen atoms in total. The minimum atomic E-state index is 0. The van der Waals surface area contributed by atoms with Crippen LogP contribution in [0.5, 0.6) is 0 Å². The molecular weight excluding hydrogens is 483 g/mol. The van der Waals surface area contributed by atoms with Gasteiger partial charge in [-0.3, -0.25) is 4.90 Å². The lowest BCUT2D eigenvalue weighted by Gasteiger charge is -2.34. The highest BCUT2D eigenvalue weighted by Gasteiger charge is 2.23. The van der Waals surface area contributed by atoms with E-state index in [0.717, 1.165) is 45.4 Å². The lowest BCUT2D eigenvalue weighted by molar-refractivity contribution is 0.0177. The van der Waals surface area contributed by atoms with Gasteiger partial charge in [0.25, 0.3) is 0 Å². The summed E-state index contributed by atoms with van der Waals surface area (Å²) >= 11 is 1.82. The van der Waals surface area contributed by atoms with E-state index in [4.69, 9.17) is 9.73 Å². The molecule has 0 aliphatic carbocycles. The van der Waals surface area contributed by atoms with E-state index >= 15 is 0 Å². The van der Waals surface area contributed by atoms with Crippen LogP contribution >= 0.6 is 35.3 Å². The molecule has 154 valence electrons. The van der Waals surface area contributed by atoms with Gasteiger partial charge < -0.3 is 15.4 Å². The summed E-state index contributed by atoms with van der Waals surface area (Å²) in [6.45, 7) is 10.1. The number of hydrogen-bond donors (Lipinski definition) is 2. The summed E-state index contributed by atoms with van der Waals surface area (Å²) in [5.74, 6) is 0.868. The first-order valence-corrected chi connectivity index (χ1v) is 10.6. The fraction of sp³-hybridized carbons (Fsp3) is 0.476. The SMILES string of the molecule is CCNC(=NCc1ccc(C)cc1)NCC(c1cccs1)N1CCOCC1.I. The van der Waals surface area contributed by atoms with E-state index in [1.54, 1.807) is 0 Å². The number of guanidine groups is 1. The fourth-order valence-corrected chi connectivity index (χ4v) is 4.04. The van der Waals surface area contributed by atoms with Gasteiger partial charge in [0.15, 0.2) is 5.96 Å². The Balaban J connectivity index is 0.00000280. The van der Waals surface area contributed by atoms with Gasteiger partial charge in [-0.25, -0.2) is 4.99 Å². The standard InChI is InChI=1S/C21H30N4OS.HI/c1-3-22-21(23-15-18-8-6-17(2)7-9-18)24-16-19(20-5-4-14-27-20)25-10-12-26-13-11-25;/h4-9,14,19H,3,10-13,15-16H2,1-2H3,(H2,22,23,24);1H. The lowest BCUT2D eigenvalue weighted by atomic mass is 10.1. The van der Waals surface area contributed by atoms with Crippen molar-refractivity contribution >= 4 is 41.3 Å².